The minimum atomic E-state index is -0.498. The fourth-order valence-corrected chi connectivity index (χ4v) is 0.354. The van der Waals surface area contributed by atoms with Gasteiger partial charge in [0.2, 0.25) is 0 Å². The number of amides is 1. The molecule has 0 aromatic carbocycles. The van der Waals surface area contributed by atoms with Crippen LogP contribution in [0.1, 0.15) is 6.92 Å². The maximum atomic E-state index is 10.4. The first kappa shape index (κ1) is 8.76. The van der Waals surface area contributed by atoms with Gasteiger partial charge in [0.15, 0.2) is 0 Å². The van der Waals surface area contributed by atoms with Crippen LogP contribution in [0.2, 0.25) is 0 Å². The highest BCUT2D eigenvalue weighted by atomic mass is 16.5. The Morgan fingerprint density at radius 2 is 2.50 bits per heavy atom. The quantitative estimate of drug-likeness (QED) is 0.610. The molecule has 0 heterocycles. The zero-order chi connectivity index (χ0) is 7.98. The van der Waals surface area contributed by atoms with Gasteiger partial charge >= 0.3 is 6.09 Å². The summed E-state index contributed by atoms with van der Waals surface area (Å²) < 4.78 is 4.29. The third-order valence-corrected chi connectivity index (χ3v) is 0.958. The molecule has 1 atom stereocenters. The number of carbonyl (C=O) groups is 1. The van der Waals surface area contributed by atoms with E-state index in [-0.39, 0.29) is 5.92 Å². The summed E-state index contributed by atoms with van der Waals surface area (Å²) in [7, 11) is 1.28. The number of nitriles is 1. The van der Waals surface area contributed by atoms with E-state index >= 15 is 0 Å². The second-order valence-electron chi connectivity index (χ2n) is 1.90. The van der Waals surface area contributed by atoms with Crippen LogP contribution in [-0.4, -0.2) is 19.7 Å². The van der Waals surface area contributed by atoms with E-state index in [1.165, 1.54) is 7.11 Å². The fourth-order valence-electron chi connectivity index (χ4n) is 0.354. The average Bonchev–Trinajstić information content (AvgIpc) is 1.99. The van der Waals surface area contributed by atoms with E-state index in [2.05, 4.69) is 10.1 Å². The molecule has 4 nitrogen and oxygen atoms in total. The van der Waals surface area contributed by atoms with Crippen molar-refractivity contribution >= 4 is 6.09 Å². The summed E-state index contributed by atoms with van der Waals surface area (Å²) in [6.45, 7) is 2.05. The maximum Gasteiger partial charge on any atom is 0.406 e. The van der Waals surface area contributed by atoms with Crippen molar-refractivity contribution in [1.82, 2.24) is 5.32 Å². The molecule has 4 heteroatoms. The van der Waals surface area contributed by atoms with Gasteiger partial charge in [-0.25, -0.2) is 4.79 Å². The number of ether oxygens (including phenoxy) is 1. The summed E-state index contributed by atoms with van der Waals surface area (Å²) in [5.74, 6) is -0.168. The minimum Gasteiger partial charge on any atom is -0.453 e. The number of rotatable bonds is 2. The van der Waals surface area contributed by atoms with Gasteiger partial charge in [0.1, 0.15) is 0 Å². The molecule has 0 aromatic rings. The van der Waals surface area contributed by atoms with E-state index in [9.17, 15) is 4.79 Å². The predicted molar refractivity (Wildman–Crippen MR) is 35.2 cm³/mol. The van der Waals surface area contributed by atoms with Crippen LogP contribution >= 0.6 is 0 Å². The molecule has 0 bridgehead atoms. The Morgan fingerprint density at radius 1 is 1.90 bits per heavy atom. The number of hydrogen-bond acceptors (Lipinski definition) is 3. The second-order valence-corrected chi connectivity index (χ2v) is 1.90. The first-order valence-electron chi connectivity index (χ1n) is 2.92. The first-order valence-corrected chi connectivity index (χ1v) is 2.92. The lowest BCUT2D eigenvalue weighted by Crippen LogP contribution is -2.27. The molecule has 1 amide bonds. The number of nitrogens with one attached hydrogen (secondary N) is 1. The van der Waals surface area contributed by atoms with Gasteiger partial charge in [0.25, 0.3) is 0 Å². The van der Waals surface area contributed by atoms with Crippen LogP contribution in [0, 0.1) is 17.2 Å². The van der Waals surface area contributed by atoms with Gasteiger partial charge in [-0.15, -0.1) is 0 Å². The van der Waals surface area contributed by atoms with E-state index in [4.69, 9.17) is 5.26 Å². The number of nitrogens with zero attached hydrogens (tertiary/aromatic N) is 1. The van der Waals surface area contributed by atoms with Crippen molar-refractivity contribution < 1.29 is 9.53 Å². The Kier molecular flexibility index (Phi) is 4.05. The summed E-state index contributed by atoms with van der Waals surface area (Å²) in [5.41, 5.74) is 0. The molecule has 56 valence electrons. The van der Waals surface area contributed by atoms with Crippen molar-refractivity contribution in [1.29, 1.82) is 5.26 Å². The third kappa shape index (κ3) is 3.72. The zero-order valence-electron chi connectivity index (χ0n) is 6.05. The van der Waals surface area contributed by atoms with Crippen molar-refractivity contribution in [2.45, 2.75) is 6.92 Å². The molecule has 0 aliphatic rings. The van der Waals surface area contributed by atoms with Crippen LogP contribution in [0.4, 0.5) is 4.79 Å². The number of alkyl carbamates (subject to hydrolysis) is 1. The molecule has 0 saturated carbocycles. The van der Waals surface area contributed by atoms with Crippen LogP contribution in [0.25, 0.3) is 0 Å². The fraction of sp³-hybridized carbons (Fsp3) is 0.667. The molecular weight excluding hydrogens is 132 g/mol. The molecule has 1 N–H and O–H groups in total. The highest BCUT2D eigenvalue weighted by Crippen LogP contribution is 1.87. The van der Waals surface area contributed by atoms with Gasteiger partial charge in [0, 0.05) is 6.54 Å². The highest BCUT2D eigenvalue weighted by molar-refractivity contribution is 5.66. The number of carbonyl (C=O) groups excluding carboxylic acids is 1. The molecule has 0 saturated heterocycles. The lowest BCUT2D eigenvalue weighted by molar-refractivity contribution is 0.170. The second kappa shape index (κ2) is 4.62. The van der Waals surface area contributed by atoms with Crippen molar-refractivity contribution in [3.63, 3.8) is 0 Å². The maximum absolute atomic E-state index is 10.4. The van der Waals surface area contributed by atoms with Crippen molar-refractivity contribution in [2.24, 2.45) is 5.92 Å². The van der Waals surface area contributed by atoms with E-state index in [0.717, 1.165) is 0 Å². The monoisotopic (exact) mass is 142 g/mol. The SMILES string of the molecule is COC(=O)NCC(C)C#N. The predicted octanol–water partition coefficient (Wildman–Crippen LogP) is 0.502. The number of hydrogen-bond donors (Lipinski definition) is 1. The number of methoxy groups -OCH3 is 1. The van der Waals surface area contributed by atoms with Crippen LogP contribution in [0.3, 0.4) is 0 Å². The molecule has 0 rings (SSSR count). The molecule has 0 radical (unpaired) electrons. The molecule has 0 aliphatic heterocycles. The standard InChI is InChI=1S/C6H10N2O2/c1-5(3-7)4-8-6(9)10-2/h5H,4H2,1-2H3,(H,8,9). The van der Waals surface area contributed by atoms with Crippen LogP contribution in [0.5, 0.6) is 0 Å². The Labute approximate surface area is 59.8 Å². The first-order chi connectivity index (χ1) is 4.70. The Bertz CT molecular complexity index is 150. The Morgan fingerprint density at radius 3 is 2.90 bits per heavy atom. The van der Waals surface area contributed by atoms with Gasteiger partial charge in [-0.05, 0) is 6.92 Å². The van der Waals surface area contributed by atoms with Gasteiger partial charge in [-0.1, -0.05) is 0 Å². The van der Waals surface area contributed by atoms with Crippen LogP contribution in [0.15, 0.2) is 0 Å². The Hall–Kier alpha value is -1.24. The van der Waals surface area contributed by atoms with E-state index in [0.29, 0.717) is 6.54 Å². The zero-order valence-corrected chi connectivity index (χ0v) is 6.05. The van der Waals surface area contributed by atoms with E-state index in [1.54, 1.807) is 6.92 Å². The molecule has 1 unspecified atom stereocenters. The van der Waals surface area contributed by atoms with Crippen LogP contribution in [-0.2, 0) is 4.74 Å². The van der Waals surface area contributed by atoms with Crippen LogP contribution < -0.4 is 5.32 Å². The molecule has 0 fully saturated rings. The summed E-state index contributed by atoms with van der Waals surface area (Å²) in [6.07, 6.45) is -0.498. The lowest BCUT2D eigenvalue weighted by atomic mass is 10.2. The van der Waals surface area contributed by atoms with Gasteiger partial charge in [-0.3, -0.25) is 0 Å². The normalized spacial score (nSPS) is 11.3. The Balaban J connectivity index is 3.37. The molecule has 10 heavy (non-hydrogen) atoms. The molecule has 0 aliphatic carbocycles. The molecule has 0 aromatic heterocycles. The van der Waals surface area contributed by atoms with Gasteiger partial charge in [0.05, 0.1) is 19.1 Å². The summed E-state index contributed by atoms with van der Waals surface area (Å²) in [6, 6.07) is 1.97. The van der Waals surface area contributed by atoms with Crippen molar-refractivity contribution in [3.05, 3.63) is 0 Å². The van der Waals surface area contributed by atoms with E-state index < -0.39 is 6.09 Å². The van der Waals surface area contributed by atoms with E-state index in [1.807, 2.05) is 6.07 Å². The smallest absolute Gasteiger partial charge is 0.406 e. The minimum absolute atomic E-state index is 0.168. The van der Waals surface area contributed by atoms with Gasteiger partial charge < -0.3 is 10.1 Å². The summed E-state index contributed by atoms with van der Waals surface area (Å²) >= 11 is 0. The topological polar surface area (TPSA) is 62.1 Å². The molecular formula is C6H10N2O2. The third-order valence-electron chi connectivity index (χ3n) is 0.958. The largest absolute Gasteiger partial charge is 0.453 e. The molecule has 0 spiro atoms. The van der Waals surface area contributed by atoms with Crippen molar-refractivity contribution in [3.8, 4) is 6.07 Å². The van der Waals surface area contributed by atoms with Crippen molar-refractivity contribution in [2.75, 3.05) is 13.7 Å². The average molecular weight is 142 g/mol. The summed E-state index contributed by atoms with van der Waals surface area (Å²) in [5, 5.41) is 10.7. The van der Waals surface area contributed by atoms with Gasteiger partial charge in [-0.2, -0.15) is 5.26 Å². The highest BCUT2D eigenvalue weighted by Gasteiger charge is 2.01. The lowest BCUT2D eigenvalue weighted by Gasteiger charge is -2.02. The summed E-state index contributed by atoms with van der Waals surface area (Å²) in [4.78, 5) is 10.4.